The summed E-state index contributed by atoms with van der Waals surface area (Å²) in [6.07, 6.45) is 1.70. The minimum atomic E-state index is -0.805. The number of thiazole rings is 1. The summed E-state index contributed by atoms with van der Waals surface area (Å²) in [4.78, 5) is 32.6. The van der Waals surface area contributed by atoms with Crippen molar-refractivity contribution < 1.29 is 28.5 Å². The first kappa shape index (κ1) is 35.1. The molecule has 0 bridgehead atoms. The van der Waals surface area contributed by atoms with Gasteiger partial charge < -0.3 is 23.7 Å². The number of rotatable bonds is 12. The molecule has 0 N–H and O–H groups in total. The summed E-state index contributed by atoms with van der Waals surface area (Å²) in [5.41, 5.74) is 2.66. The van der Waals surface area contributed by atoms with E-state index in [0.29, 0.717) is 60.2 Å². The number of hydrogen-bond acceptors (Lipinski definition) is 9. The highest BCUT2D eigenvalue weighted by atomic mass is 35.5. The number of esters is 1. The quantitative estimate of drug-likeness (QED) is 0.148. The van der Waals surface area contributed by atoms with Crippen LogP contribution in [0.25, 0.3) is 6.08 Å². The largest absolute Gasteiger partial charge is 0.493 e. The van der Waals surface area contributed by atoms with Crippen molar-refractivity contribution in [1.82, 2.24) is 4.57 Å². The highest BCUT2D eigenvalue weighted by Crippen LogP contribution is 2.37. The van der Waals surface area contributed by atoms with Gasteiger partial charge in [0.2, 0.25) is 0 Å². The van der Waals surface area contributed by atoms with Crippen LogP contribution in [-0.4, -0.2) is 37.0 Å². The summed E-state index contributed by atoms with van der Waals surface area (Å²) in [6.45, 7) is 10.0. The third kappa shape index (κ3) is 7.56. The monoisotopic (exact) mass is 710 g/mol. The molecule has 1 aromatic heterocycles. The van der Waals surface area contributed by atoms with Gasteiger partial charge in [-0.2, -0.15) is 0 Å². The first-order valence-electron chi connectivity index (χ1n) is 15.4. The van der Waals surface area contributed by atoms with E-state index < -0.39 is 12.0 Å². The number of ether oxygens (including phenoxy) is 5. The third-order valence-electron chi connectivity index (χ3n) is 7.33. The summed E-state index contributed by atoms with van der Waals surface area (Å²) in [5, 5.41) is 0.917. The van der Waals surface area contributed by atoms with Crippen LogP contribution in [0.5, 0.6) is 23.0 Å². The Morgan fingerprint density at radius 3 is 2.42 bits per heavy atom. The molecule has 1 atom stereocenters. The van der Waals surface area contributed by atoms with Crippen LogP contribution in [0.4, 0.5) is 0 Å². The molecule has 12 heteroatoms. The predicted octanol–water partition coefficient (Wildman–Crippen LogP) is 6.88. The molecule has 0 saturated heterocycles. The lowest BCUT2D eigenvalue weighted by molar-refractivity contribution is -0.139. The molecule has 0 spiro atoms. The molecule has 0 aliphatic carbocycles. The Morgan fingerprint density at radius 2 is 1.73 bits per heavy atom. The van der Waals surface area contributed by atoms with E-state index in [-0.39, 0.29) is 30.5 Å². The average molecular weight is 712 g/mol. The second-order valence-electron chi connectivity index (χ2n) is 11.1. The van der Waals surface area contributed by atoms with Crippen molar-refractivity contribution in [1.29, 1.82) is 0 Å². The maximum atomic E-state index is 14.2. The van der Waals surface area contributed by atoms with E-state index in [0.717, 1.165) is 11.1 Å². The number of halogens is 2. The van der Waals surface area contributed by atoms with Gasteiger partial charge in [0, 0.05) is 0 Å². The second kappa shape index (κ2) is 15.3. The number of carbonyl (C=O) groups excluding carboxylic acids is 1. The average Bonchev–Trinajstić information content (AvgIpc) is 3.35. The highest BCUT2D eigenvalue weighted by molar-refractivity contribution is 7.07. The van der Waals surface area contributed by atoms with Gasteiger partial charge in [-0.3, -0.25) is 9.36 Å². The normalized spacial score (nSPS) is 14.4. The molecule has 4 aromatic rings. The molecule has 1 aliphatic rings. The van der Waals surface area contributed by atoms with Gasteiger partial charge in [0.1, 0.15) is 6.61 Å². The van der Waals surface area contributed by atoms with Crippen molar-refractivity contribution in [3.63, 3.8) is 0 Å². The first-order valence-corrected chi connectivity index (χ1v) is 17.0. The van der Waals surface area contributed by atoms with Gasteiger partial charge in [0.15, 0.2) is 27.8 Å². The lowest BCUT2D eigenvalue weighted by atomic mass is 9.95. The fourth-order valence-corrected chi connectivity index (χ4v) is 6.62. The van der Waals surface area contributed by atoms with Crippen LogP contribution in [0.2, 0.25) is 10.0 Å². The molecule has 0 radical (unpaired) electrons. The van der Waals surface area contributed by atoms with Gasteiger partial charge in [-0.05, 0) is 93.8 Å². The van der Waals surface area contributed by atoms with E-state index >= 15 is 0 Å². The summed E-state index contributed by atoms with van der Waals surface area (Å²) in [7, 11) is 1.55. The highest BCUT2D eigenvalue weighted by Gasteiger charge is 2.34. The Balaban J connectivity index is 1.57. The standard InChI is InChI=1S/C36H36Cl2N2O7S/c1-7-44-30-16-22(10-13-27(30)46-19-23-9-12-25(37)26(38)15-23)17-31-34(41)40-33(24-11-14-28(47-20(3)4)29(18-24)43-6)32(35(42)45-8-2)21(5)39-36(40)48-31/h9-18,20,33H,7-8,19H2,1-6H3/b31-17-/t33-/m0/s1. The Morgan fingerprint density at radius 1 is 0.958 bits per heavy atom. The number of benzene rings is 3. The minimum Gasteiger partial charge on any atom is -0.493 e. The smallest absolute Gasteiger partial charge is 0.338 e. The number of carbonyl (C=O) groups is 1. The van der Waals surface area contributed by atoms with Gasteiger partial charge in [-0.1, -0.05) is 52.7 Å². The Labute approximate surface area is 292 Å². The maximum absolute atomic E-state index is 14.2. The predicted molar refractivity (Wildman–Crippen MR) is 188 cm³/mol. The van der Waals surface area contributed by atoms with Crippen molar-refractivity contribution in [3.05, 3.63) is 112 Å². The molecule has 2 heterocycles. The van der Waals surface area contributed by atoms with E-state index in [1.54, 1.807) is 57.4 Å². The van der Waals surface area contributed by atoms with Crippen LogP contribution < -0.4 is 33.8 Å². The molecule has 9 nitrogen and oxygen atoms in total. The van der Waals surface area contributed by atoms with Crippen molar-refractivity contribution >= 4 is 46.6 Å². The fraction of sp³-hybridized carbons (Fsp3) is 0.306. The van der Waals surface area contributed by atoms with Crippen LogP contribution in [0.1, 0.15) is 57.4 Å². The number of nitrogens with zero attached hydrogens (tertiary/aromatic N) is 2. The number of methoxy groups -OCH3 is 1. The number of aromatic nitrogens is 1. The number of allylic oxidation sites excluding steroid dienone is 1. The molecule has 5 rings (SSSR count). The zero-order valence-corrected chi connectivity index (χ0v) is 29.8. The molecule has 1 aliphatic heterocycles. The Hall–Kier alpha value is -4.25. The van der Waals surface area contributed by atoms with Crippen LogP contribution in [-0.2, 0) is 16.1 Å². The van der Waals surface area contributed by atoms with Gasteiger partial charge in [0.25, 0.3) is 5.56 Å². The van der Waals surface area contributed by atoms with E-state index in [1.165, 1.54) is 15.9 Å². The van der Waals surface area contributed by atoms with Crippen molar-refractivity contribution in [2.24, 2.45) is 4.99 Å². The molecule has 0 saturated carbocycles. The zero-order chi connectivity index (χ0) is 34.5. The van der Waals surface area contributed by atoms with Crippen LogP contribution in [0.15, 0.2) is 75.7 Å². The van der Waals surface area contributed by atoms with Crippen LogP contribution in [0.3, 0.4) is 0 Å². The molecule has 3 aromatic carbocycles. The molecule has 252 valence electrons. The fourth-order valence-electron chi connectivity index (χ4n) is 5.26. The summed E-state index contributed by atoms with van der Waals surface area (Å²) in [5.74, 6) is 1.54. The van der Waals surface area contributed by atoms with Crippen molar-refractivity contribution in [2.45, 2.75) is 53.4 Å². The topological polar surface area (TPSA) is 97.6 Å². The molecule has 0 unspecified atom stereocenters. The number of hydrogen-bond donors (Lipinski definition) is 0. The molecular weight excluding hydrogens is 675 g/mol. The van der Waals surface area contributed by atoms with E-state index in [1.807, 2.05) is 45.0 Å². The van der Waals surface area contributed by atoms with Crippen LogP contribution >= 0.6 is 34.5 Å². The Kier molecular flexibility index (Phi) is 11.2. The molecule has 48 heavy (non-hydrogen) atoms. The van der Waals surface area contributed by atoms with Gasteiger partial charge in [-0.25, -0.2) is 9.79 Å². The van der Waals surface area contributed by atoms with Gasteiger partial charge >= 0.3 is 5.97 Å². The SMILES string of the molecule is CCOC(=O)C1=C(C)N=c2s/c(=C\c3ccc(OCc4ccc(Cl)c(Cl)c4)c(OCC)c3)c(=O)n2[C@H]1c1ccc(OC(C)C)c(OC)c1. The van der Waals surface area contributed by atoms with E-state index in [2.05, 4.69) is 4.99 Å². The lowest BCUT2D eigenvalue weighted by Crippen LogP contribution is -2.40. The van der Waals surface area contributed by atoms with E-state index in [9.17, 15) is 9.59 Å². The molecule has 0 fully saturated rings. The van der Waals surface area contributed by atoms with Crippen molar-refractivity contribution in [3.8, 4) is 23.0 Å². The van der Waals surface area contributed by atoms with Crippen molar-refractivity contribution in [2.75, 3.05) is 20.3 Å². The summed E-state index contributed by atoms with van der Waals surface area (Å²) < 4.78 is 30.9. The van der Waals surface area contributed by atoms with E-state index in [4.69, 9.17) is 46.9 Å². The minimum absolute atomic E-state index is 0.0777. The summed E-state index contributed by atoms with van der Waals surface area (Å²) >= 11 is 13.4. The van der Waals surface area contributed by atoms with Gasteiger partial charge in [-0.15, -0.1) is 0 Å². The second-order valence-corrected chi connectivity index (χ2v) is 12.9. The summed E-state index contributed by atoms with van der Waals surface area (Å²) in [6, 6.07) is 15.4. The maximum Gasteiger partial charge on any atom is 0.338 e. The zero-order valence-electron chi connectivity index (χ0n) is 27.5. The number of fused-ring (bicyclic) bond motifs is 1. The third-order valence-corrected chi connectivity index (χ3v) is 9.05. The molecular formula is C36H36Cl2N2O7S. The Bertz CT molecular complexity index is 2050. The lowest BCUT2D eigenvalue weighted by Gasteiger charge is -2.25. The molecule has 0 amide bonds. The van der Waals surface area contributed by atoms with Crippen LogP contribution in [0, 0.1) is 0 Å². The van der Waals surface area contributed by atoms with Gasteiger partial charge in [0.05, 0.1) is 58.3 Å². The first-order chi connectivity index (χ1) is 23.0.